The summed E-state index contributed by atoms with van der Waals surface area (Å²) in [5, 5.41) is 3.32. The van der Waals surface area contributed by atoms with Crippen molar-refractivity contribution in [2.45, 2.75) is 13.3 Å². The Hall–Kier alpha value is -1.28. The third-order valence-electron chi connectivity index (χ3n) is 2.77. The number of benzene rings is 1. The van der Waals surface area contributed by atoms with Crippen molar-refractivity contribution in [1.82, 2.24) is 5.32 Å². The molecule has 0 amide bonds. The van der Waals surface area contributed by atoms with Gasteiger partial charge in [-0.25, -0.2) is 0 Å². The maximum absolute atomic E-state index is 5.42. The molecule has 2 nitrogen and oxygen atoms in total. The third-order valence-corrected chi connectivity index (χ3v) is 2.77. The van der Waals surface area contributed by atoms with Crippen LogP contribution < -0.4 is 10.1 Å². The van der Waals surface area contributed by atoms with Crippen LogP contribution in [0.3, 0.4) is 0 Å². The van der Waals surface area contributed by atoms with Crippen LogP contribution in [0.15, 0.2) is 24.3 Å². The Balaban J connectivity index is 2.38. The number of aryl methyl sites for hydroxylation is 1. The molecule has 0 atom stereocenters. The molecule has 1 heterocycles. The highest BCUT2D eigenvalue weighted by Gasteiger charge is 2.10. The SMILES string of the molecule is COc1cc(C)ccc1C1=CCNCC1. The van der Waals surface area contributed by atoms with Crippen LogP contribution in [0.2, 0.25) is 0 Å². The minimum absolute atomic E-state index is 0.965. The summed E-state index contributed by atoms with van der Waals surface area (Å²) in [5.41, 5.74) is 3.88. The van der Waals surface area contributed by atoms with E-state index in [1.54, 1.807) is 7.11 Å². The highest BCUT2D eigenvalue weighted by Crippen LogP contribution is 2.29. The summed E-state index contributed by atoms with van der Waals surface area (Å²) in [6.07, 6.45) is 3.33. The van der Waals surface area contributed by atoms with E-state index in [2.05, 4.69) is 36.5 Å². The molecule has 1 aliphatic rings. The van der Waals surface area contributed by atoms with E-state index in [0.717, 1.165) is 25.3 Å². The predicted octanol–water partition coefficient (Wildman–Crippen LogP) is 2.38. The molecule has 0 unspecified atom stereocenters. The lowest BCUT2D eigenvalue weighted by atomic mass is 9.98. The van der Waals surface area contributed by atoms with Gasteiger partial charge in [0, 0.05) is 12.1 Å². The lowest BCUT2D eigenvalue weighted by molar-refractivity contribution is 0.413. The van der Waals surface area contributed by atoms with Gasteiger partial charge in [-0.2, -0.15) is 0 Å². The average Bonchev–Trinajstić information content (AvgIpc) is 2.30. The number of methoxy groups -OCH3 is 1. The molecule has 2 heteroatoms. The molecule has 1 N–H and O–H groups in total. The molecule has 2 rings (SSSR count). The topological polar surface area (TPSA) is 21.3 Å². The van der Waals surface area contributed by atoms with Crippen molar-refractivity contribution in [2.24, 2.45) is 0 Å². The van der Waals surface area contributed by atoms with Crippen LogP contribution in [0, 0.1) is 6.92 Å². The van der Waals surface area contributed by atoms with Gasteiger partial charge in [-0.1, -0.05) is 18.2 Å². The molecule has 0 saturated heterocycles. The minimum atomic E-state index is 0.965. The maximum Gasteiger partial charge on any atom is 0.126 e. The Bertz CT molecular complexity index is 382. The Labute approximate surface area is 91.0 Å². The van der Waals surface area contributed by atoms with Gasteiger partial charge in [-0.05, 0) is 37.1 Å². The van der Waals surface area contributed by atoms with Crippen molar-refractivity contribution in [3.63, 3.8) is 0 Å². The Morgan fingerprint density at radius 2 is 2.20 bits per heavy atom. The fourth-order valence-corrected chi connectivity index (χ4v) is 1.93. The van der Waals surface area contributed by atoms with Crippen LogP contribution in [0.4, 0.5) is 0 Å². The first-order valence-corrected chi connectivity index (χ1v) is 5.36. The molecule has 80 valence electrons. The van der Waals surface area contributed by atoms with E-state index in [1.807, 2.05) is 0 Å². The van der Waals surface area contributed by atoms with Crippen LogP contribution in [0.25, 0.3) is 5.57 Å². The third kappa shape index (κ3) is 2.21. The number of ether oxygens (including phenoxy) is 1. The molecule has 0 bridgehead atoms. The first-order valence-electron chi connectivity index (χ1n) is 5.36. The second-order valence-electron chi connectivity index (χ2n) is 3.89. The summed E-state index contributed by atoms with van der Waals surface area (Å²) in [6, 6.07) is 6.39. The van der Waals surface area contributed by atoms with Crippen molar-refractivity contribution >= 4 is 5.57 Å². The fraction of sp³-hybridized carbons (Fsp3) is 0.385. The monoisotopic (exact) mass is 203 g/mol. The van der Waals surface area contributed by atoms with E-state index in [4.69, 9.17) is 4.74 Å². The first-order chi connectivity index (χ1) is 7.31. The molecule has 1 aromatic carbocycles. The lowest BCUT2D eigenvalue weighted by Gasteiger charge is -2.17. The van der Waals surface area contributed by atoms with Crippen molar-refractivity contribution < 1.29 is 4.74 Å². The highest BCUT2D eigenvalue weighted by molar-refractivity contribution is 5.71. The predicted molar refractivity (Wildman–Crippen MR) is 63.2 cm³/mol. The van der Waals surface area contributed by atoms with E-state index in [-0.39, 0.29) is 0 Å². The van der Waals surface area contributed by atoms with Crippen LogP contribution >= 0.6 is 0 Å². The molecule has 15 heavy (non-hydrogen) atoms. The van der Waals surface area contributed by atoms with Gasteiger partial charge in [0.1, 0.15) is 5.75 Å². The Morgan fingerprint density at radius 1 is 1.33 bits per heavy atom. The number of rotatable bonds is 2. The molecular formula is C13H17NO. The summed E-state index contributed by atoms with van der Waals surface area (Å²) in [7, 11) is 1.74. The molecule has 0 aromatic heterocycles. The average molecular weight is 203 g/mol. The fourth-order valence-electron chi connectivity index (χ4n) is 1.93. The summed E-state index contributed by atoms with van der Waals surface area (Å²) >= 11 is 0. The van der Waals surface area contributed by atoms with Gasteiger partial charge in [0.2, 0.25) is 0 Å². The van der Waals surface area contributed by atoms with Gasteiger partial charge < -0.3 is 10.1 Å². The summed E-state index contributed by atoms with van der Waals surface area (Å²) in [4.78, 5) is 0. The van der Waals surface area contributed by atoms with Crippen molar-refractivity contribution in [3.05, 3.63) is 35.4 Å². The molecule has 0 spiro atoms. The molecule has 0 fully saturated rings. The summed E-state index contributed by atoms with van der Waals surface area (Å²) < 4.78 is 5.42. The molecule has 0 aliphatic carbocycles. The van der Waals surface area contributed by atoms with Gasteiger partial charge in [-0.3, -0.25) is 0 Å². The lowest BCUT2D eigenvalue weighted by Crippen LogP contribution is -2.20. The zero-order chi connectivity index (χ0) is 10.7. The molecule has 0 radical (unpaired) electrons. The van der Waals surface area contributed by atoms with Crippen LogP contribution in [0.5, 0.6) is 5.75 Å². The molecular weight excluding hydrogens is 186 g/mol. The standard InChI is InChI=1S/C13H17NO/c1-10-3-4-12(13(9-10)15-2)11-5-7-14-8-6-11/h3-5,9,14H,6-8H2,1-2H3. The van der Waals surface area contributed by atoms with E-state index in [0.29, 0.717) is 0 Å². The van der Waals surface area contributed by atoms with E-state index >= 15 is 0 Å². The number of hydrogen-bond donors (Lipinski definition) is 1. The molecule has 1 aliphatic heterocycles. The van der Waals surface area contributed by atoms with Crippen LogP contribution in [0.1, 0.15) is 17.5 Å². The van der Waals surface area contributed by atoms with Gasteiger partial charge in [-0.15, -0.1) is 0 Å². The normalized spacial score (nSPS) is 16.0. The second kappa shape index (κ2) is 4.49. The largest absolute Gasteiger partial charge is 0.496 e. The summed E-state index contributed by atoms with van der Waals surface area (Å²) in [5.74, 6) is 0.989. The van der Waals surface area contributed by atoms with Gasteiger partial charge in [0.25, 0.3) is 0 Å². The minimum Gasteiger partial charge on any atom is -0.496 e. The summed E-state index contributed by atoms with van der Waals surface area (Å²) in [6.45, 7) is 4.11. The zero-order valence-electron chi connectivity index (χ0n) is 9.34. The van der Waals surface area contributed by atoms with Crippen molar-refractivity contribution in [3.8, 4) is 5.75 Å². The quantitative estimate of drug-likeness (QED) is 0.796. The smallest absolute Gasteiger partial charge is 0.126 e. The van der Waals surface area contributed by atoms with Crippen LogP contribution in [-0.2, 0) is 0 Å². The van der Waals surface area contributed by atoms with Crippen LogP contribution in [-0.4, -0.2) is 20.2 Å². The highest BCUT2D eigenvalue weighted by atomic mass is 16.5. The maximum atomic E-state index is 5.42. The van der Waals surface area contributed by atoms with Gasteiger partial charge in [0.05, 0.1) is 7.11 Å². The Morgan fingerprint density at radius 3 is 2.87 bits per heavy atom. The van der Waals surface area contributed by atoms with E-state index in [1.165, 1.54) is 16.7 Å². The van der Waals surface area contributed by atoms with Crippen molar-refractivity contribution in [1.29, 1.82) is 0 Å². The second-order valence-corrected chi connectivity index (χ2v) is 3.89. The molecule has 0 saturated carbocycles. The van der Waals surface area contributed by atoms with E-state index in [9.17, 15) is 0 Å². The van der Waals surface area contributed by atoms with E-state index < -0.39 is 0 Å². The molecule has 1 aromatic rings. The van der Waals surface area contributed by atoms with Crippen molar-refractivity contribution in [2.75, 3.05) is 20.2 Å². The van der Waals surface area contributed by atoms with Gasteiger partial charge >= 0.3 is 0 Å². The number of nitrogens with one attached hydrogen (secondary N) is 1. The first kappa shape index (κ1) is 10.2. The van der Waals surface area contributed by atoms with Gasteiger partial charge in [0.15, 0.2) is 0 Å². The zero-order valence-corrected chi connectivity index (χ0v) is 9.34. The number of hydrogen-bond acceptors (Lipinski definition) is 2. The Kier molecular flexibility index (Phi) is 3.07.